The number of ether oxygens (including phenoxy) is 1. The normalized spacial score (nSPS) is 15.7. The molecule has 6 heteroatoms. The minimum Gasteiger partial charge on any atom is -0.382 e. The van der Waals surface area contributed by atoms with Gasteiger partial charge in [0, 0.05) is 38.4 Å². The first-order valence-corrected chi connectivity index (χ1v) is 8.32. The van der Waals surface area contributed by atoms with Crippen LogP contribution in [0.2, 0.25) is 5.02 Å². The van der Waals surface area contributed by atoms with E-state index in [1.54, 1.807) is 7.05 Å². The molecular weight excluding hydrogens is 425 g/mol. The molecule has 0 aromatic heterocycles. The Balaban J connectivity index is 0.00000264. The number of benzene rings is 1. The van der Waals surface area contributed by atoms with Gasteiger partial charge in [0.25, 0.3) is 0 Å². The van der Waals surface area contributed by atoms with Crippen LogP contribution in [0, 0.1) is 5.41 Å². The summed E-state index contributed by atoms with van der Waals surface area (Å²) < 4.78 is 5.47. The second-order valence-electron chi connectivity index (χ2n) is 5.85. The summed E-state index contributed by atoms with van der Waals surface area (Å²) in [5, 5.41) is 7.54. The lowest BCUT2D eigenvalue weighted by Gasteiger charge is -2.18. The highest BCUT2D eigenvalue weighted by Gasteiger charge is 2.41. The van der Waals surface area contributed by atoms with Gasteiger partial charge in [-0.25, -0.2) is 0 Å². The van der Waals surface area contributed by atoms with E-state index in [9.17, 15) is 0 Å². The van der Waals surface area contributed by atoms with Crippen LogP contribution in [0.5, 0.6) is 0 Å². The van der Waals surface area contributed by atoms with Crippen LogP contribution < -0.4 is 10.6 Å². The molecule has 0 bridgehead atoms. The summed E-state index contributed by atoms with van der Waals surface area (Å²) in [5.74, 6) is 0.845. The molecule has 2 N–H and O–H groups in total. The summed E-state index contributed by atoms with van der Waals surface area (Å²) in [4.78, 5) is 4.29. The highest BCUT2D eigenvalue weighted by Crippen LogP contribution is 2.48. The lowest BCUT2D eigenvalue weighted by molar-refractivity contribution is 0.128. The highest BCUT2D eigenvalue weighted by atomic mass is 127. The van der Waals surface area contributed by atoms with Crippen molar-refractivity contribution in [3.63, 3.8) is 0 Å². The van der Waals surface area contributed by atoms with Gasteiger partial charge in [0.15, 0.2) is 5.96 Å². The van der Waals surface area contributed by atoms with E-state index in [-0.39, 0.29) is 24.0 Å². The zero-order chi connectivity index (χ0) is 15.8. The van der Waals surface area contributed by atoms with E-state index in [1.165, 1.54) is 18.4 Å². The van der Waals surface area contributed by atoms with Crippen LogP contribution in [0.3, 0.4) is 0 Å². The Labute approximate surface area is 161 Å². The van der Waals surface area contributed by atoms with Crippen molar-refractivity contribution in [2.75, 3.05) is 26.8 Å². The molecule has 1 aromatic rings. The van der Waals surface area contributed by atoms with Crippen molar-refractivity contribution in [1.82, 2.24) is 10.6 Å². The van der Waals surface area contributed by atoms with Crippen molar-refractivity contribution in [2.45, 2.75) is 32.7 Å². The van der Waals surface area contributed by atoms with E-state index in [4.69, 9.17) is 16.3 Å². The Kier molecular flexibility index (Phi) is 9.24. The number of nitrogens with one attached hydrogen (secondary N) is 2. The van der Waals surface area contributed by atoms with Crippen molar-refractivity contribution >= 4 is 41.5 Å². The Morgan fingerprint density at radius 1 is 1.26 bits per heavy atom. The largest absolute Gasteiger partial charge is 0.382 e. The fraction of sp³-hybridized carbons (Fsp3) is 0.588. The van der Waals surface area contributed by atoms with Crippen molar-refractivity contribution in [2.24, 2.45) is 10.4 Å². The van der Waals surface area contributed by atoms with Crippen molar-refractivity contribution < 1.29 is 4.74 Å². The second-order valence-corrected chi connectivity index (χ2v) is 6.29. The van der Waals surface area contributed by atoms with Gasteiger partial charge >= 0.3 is 0 Å². The Hall–Kier alpha value is -0.530. The molecule has 0 amide bonds. The molecule has 130 valence electrons. The monoisotopic (exact) mass is 451 g/mol. The van der Waals surface area contributed by atoms with Gasteiger partial charge in [0.05, 0.1) is 0 Å². The number of guanidine groups is 1. The maximum absolute atomic E-state index is 5.89. The van der Waals surface area contributed by atoms with Gasteiger partial charge in [0.2, 0.25) is 0 Å². The Morgan fingerprint density at radius 3 is 2.52 bits per heavy atom. The minimum absolute atomic E-state index is 0. The highest BCUT2D eigenvalue weighted by molar-refractivity contribution is 14.0. The smallest absolute Gasteiger partial charge is 0.191 e. The van der Waals surface area contributed by atoms with Gasteiger partial charge in [-0.15, -0.1) is 24.0 Å². The standard InChI is InChI=1S/C17H26ClN3O.HI/c1-3-22-11-10-17(8-9-17)13-21-16(19-2)20-12-14-4-6-15(18)7-5-14;/h4-7H,3,8-13H2,1-2H3,(H2,19,20,21);1H. The Morgan fingerprint density at radius 2 is 1.96 bits per heavy atom. The maximum atomic E-state index is 5.89. The fourth-order valence-electron chi connectivity index (χ4n) is 2.40. The second kappa shape index (κ2) is 10.4. The maximum Gasteiger partial charge on any atom is 0.191 e. The van der Waals surface area contributed by atoms with Crippen molar-refractivity contribution in [3.8, 4) is 0 Å². The lowest BCUT2D eigenvalue weighted by Crippen LogP contribution is -2.40. The van der Waals surface area contributed by atoms with Gasteiger partial charge in [0.1, 0.15) is 0 Å². The first-order chi connectivity index (χ1) is 10.7. The number of hydrogen-bond acceptors (Lipinski definition) is 2. The number of hydrogen-bond donors (Lipinski definition) is 2. The van der Waals surface area contributed by atoms with Crippen LogP contribution in [0.4, 0.5) is 0 Å². The Bertz CT molecular complexity index is 489. The summed E-state index contributed by atoms with van der Waals surface area (Å²) in [6, 6.07) is 7.85. The predicted molar refractivity (Wildman–Crippen MR) is 108 cm³/mol. The zero-order valence-corrected chi connectivity index (χ0v) is 17.0. The molecule has 1 saturated carbocycles. The summed E-state index contributed by atoms with van der Waals surface area (Å²) in [5.41, 5.74) is 1.59. The molecule has 0 heterocycles. The first kappa shape index (κ1) is 20.5. The molecule has 0 spiro atoms. The van der Waals surface area contributed by atoms with Crippen LogP contribution in [0.1, 0.15) is 31.7 Å². The molecule has 0 saturated heterocycles. The number of halogens is 2. The molecule has 0 aliphatic heterocycles. The summed E-state index contributed by atoms with van der Waals surface area (Å²) in [7, 11) is 1.80. The van der Waals surface area contributed by atoms with Crippen LogP contribution in [0.25, 0.3) is 0 Å². The minimum atomic E-state index is 0. The third-order valence-electron chi connectivity index (χ3n) is 4.17. The average Bonchev–Trinajstić information content (AvgIpc) is 3.30. The molecule has 0 atom stereocenters. The summed E-state index contributed by atoms with van der Waals surface area (Å²) in [6.07, 6.45) is 3.69. The molecule has 1 aliphatic rings. The van der Waals surface area contributed by atoms with E-state index in [0.29, 0.717) is 5.41 Å². The molecule has 0 unspecified atom stereocenters. The molecule has 1 fully saturated rings. The van der Waals surface area contributed by atoms with E-state index >= 15 is 0 Å². The zero-order valence-electron chi connectivity index (χ0n) is 13.9. The van der Waals surface area contributed by atoms with Crippen molar-refractivity contribution in [3.05, 3.63) is 34.9 Å². The third kappa shape index (κ3) is 7.27. The third-order valence-corrected chi connectivity index (χ3v) is 4.42. The van der Waals surface area contributed by atoms with Crippen molar-refractivity contribution in [1.29, 1.82) is 0 Å². The van der Waals surface area contributed by atoms with Gasteiger partial charge in [-0.1, -0.05) is 23.7 Å². The quantitative estimate of drug-likeness (QED) is 0.273. The van der Waals surface area contributed by atoms with Crippen LogP contribution >= 0.6 is 35.6 Å². The molecule has 2 rings (SSSR count). The van der Waals surface area contributed by atoms with Gasteiger partial charge in [-0.05, 0) is 49.3 Å². The molecule has 1 aromatic carbocycles. The number of rotatable bonds is 8. The molecular formula is C17H27ClIN3O. The molecule has 0 radical (unpaired) electrons. The van der Waals surface area contributed by atoms with E-state index < -0.39 is 0 Å². The van der Waals surface area contributed by atoms with Gasteiger partial charge < -0.3 is 15.4 Å². The molecule has 4 nitrogen and oxygen atoms in total. The van der Waals surface area contributed by atoms with Crippen LogP contribution in [-0.4, -0.2) is 32.8 Å². The average molecular weight is 452 g/mol. The number of aliphatic imine (C=N–C) groups is 1. The summed E-state index contributed by atoms with van der Waals surface area (Å²) in [6.45, 7) is 5.40. The van der Waals surface area contributed by atoms with E-state index in [0.717, 1.165) is 43.7 Å². The van der Waals surface area contributed by atoms with E-state index in [1.807, 2.05) is 31.2 Å². The SMILES string of the molecule is CCOCCC1(CNC(=NC)NCc2ccc(Cl)cc2)CC1.I. The fourth-order valence-corrected chi connectivity index (χ4v) is 2.53. The van der Waals surface area contributed by atoms with Gasteiger partial charge in [-0.2, -0.15) is 0 Å². The van der Waals surface area contributed by atoms with Crippen LogP contribution in [-0.2, 0) is 11.3 Å². The lowest BCUT2D eigenvalue weighted by atomic mass is 10.0. The molecule has 23 heavy (non-hydrogen) atoms. The van der Waals surface area contributed by atoms with Gasteiger partial charge in [-0.3, -0.25) is 4.99 Å². The first-order valence-electron chi connectivity index (χ1n) is 7.94. The van der Waals surface area contributed by atoms with E-state index in [2.05, 4.69) is 15.6 Å². The summed E-state index contributed by atoms with van der Waals surface area (Å²) >= 11 is 5.89. The molecule has 1 aliphatic carbocycles. The predicted octanol–water partition coefficient (Wildman–Crippen LogP) is 3.83. The number of nitrogens with zero attached hydrogens (tertiary/aromatic N) is 1. The van der Waals surface area contributed by atoms with Crippen LogP contribution in [0.15, 0.2) is 29.3 Å². The topological polar surface area (TPSA) is 45.6 Å².